The van der Waals surface area contributed by atoms with E-state index in [1.54, 1.807) is 0 Å². The van der Waals surface area contributed by atoms with Gasteiger partial charge in [0.2, 0.25) is 5.28 Å². The van der Waals surface area contributed by atoms with Crippen molar-refractivity contribution in [2.45, 2.75) is 39.3 Å². The van der Waals surface area contributed by atoms with Crippen LogP contribution in [0.2, 0.25) is 36.0 Å². The van der Waals surface area contributed by atoms with E-state index in [0.717, 1.165) is 28.1 Å². The Morgan fingerprint density at radius 1 is 1.25 bits per heavy atom. The third-order valence-corrected chi connectivity index (χ3v) is 6.74. The molecular formula is C20H22Cl2N4OSi. The maximum atomic E-state index is 7.43. The van der Waals surface area contributed by atoms with E-state index >= 15 is 0 Å². The van der Waals surface area contributed by atoms with Crippen LogP contribution in [0.1, 0.15) is 5.56 Å². The second-order valence-corrected chi connectivity index (χ2v) is 14.3. The minimum absolute atomic E-state index is 0.140. The van der Waals surface area contributed by atoms with Crippen molar-refractivity contribution in [3.63, 3.8) is 0 Å². The van der Waals surface area contributed by atoms with Crippen molar-refractivity contribution >= 4 is 47.9 Å². The van der Waals surface area contributed by atoms with E-state index in [2.05, 4.69) is 34.5 Å². The molecule has 0 aliphatic carbocycles. The molecule has 0 radical (unpaired) electrons. The second kappa shape index (κ2) is 8.22. The molecular weight excluding hydrogens is 411 g/mol. The van der Waals surface area contributed by atoms with Crippen LogP contribution in [0.5, 0.6) is 0 Å². The van der Waals surface area contributed by atoms with Crippen molar-refractivity contribution in [2.75, 3.05) is 6.61 Å². The van der Waals surface area contributed by atoms with E-state index in [0.29, 0.717) is 29.7 Å². The largest absolute Gasteiger partial charge is 0.361 e. The smallest absolute Gasteiger partial charge is 0.222 e. The number of aryl methyl sites for hydroxylation is 1. The fourth-order valence-corrected chi connectivity index (χ4v) is 4.14. The number of hydrogen-bond acceptors (Lipinski definition) is 3. The Bertz CT molecular complexity index is 1070. The van der Waals surface area contributed by atoms with Crippen molar-refractivity contribution < 1.29 is 4.74 Å². The number of aromatic nitrogens is 3. The van der Waals surface area contributed by atoms with Gasteiger partial charge < -0.3 is 9.30 Å². The SMILES string of the molecule is [C-]#[N+]c1ccc2c(-c3nc(Cl)ncc3Cl)cn(COCC[Si](C)(C)C)c2c1C. The Morgan fingerprint density at radius 2 is 2.00 bits per heavy atom. The van der Waals surface area contributed by atoms with Crippen molar-refractivity contribution in [2.24, 2.45) is 0 Å². The molecule has 28 heavy (non-hydrogen) atoms. The predicted octanol–water partition coefficient (Wildman–Crippen LogP) is 6.58. The fraction of sp³-hybridized carbons (Fsp3) is 0.350. The molecule has 0 aliphatic heterocycles. The molecule has 3 aromatic rings. The molecule has 2 aromatic heterocycles. The summed E-state index contributed by atoms with van der Waals surface area (Å²) >= 11 is 12.3. The summed E-state index contributed by atoms with van der Waals surface area (Å²) in [7, 11) is -1.16. The number of halogens is 2. The first-order valence-electron chi connectivity index (χ1n) is 8.97. The highest BCUT2D eigenvalue weighted by Gasteiger charge is 2.18. The zero-order valence-corrected chi connectivity index (χ0v) is 18.9. The Kier molecular flexibility index (Phi) is 6.11. The van der Waals surface area contributed by atoms with Crippen LogP contribution in [0, 0.1) is 13.5 Å². The van der Waals surface area contributed by atoms with E-state index in [4.69, 9.17) is 34.5 Å². The van der Waals surface area contributed by atoms with Crippen LogP contribution in [0.3, 0.4) is 0 Å². The lowest BCUT2D eigenvalue weighted by atomic mass is 10.1. The maximum Gasteiger partial charge on any atom is 0.222 e. The van der Waals surface area contributed by atoms with Crippen LogP contribution in [0.15, 0.2) is 24.5 Å². The summed E-state index contributed by atoms with van der Waals surface area (Å²) in [6, 6.07) is 4.84. The summed E-state index contributed by atoms with van der Waals surface area (Å²) in [5.41, 5.74) is 3.89. The monoisotopic (exact) mass is 432 g/mol. The van der Waals surface area contributed by atoms with Crippen LogP contribution in [-0.4, -0.2) is 29.2 Å². The highest BCUT2D eigenvalue weighted by atomic mass is 35.5. The molecule has 2 heterocycles. The molecule has 0 amide bonds. The lowest BCUT2D eigenvalue weighted by Crippen LogP contribution is -2.22. The normalized spacial score (nSPS) is 11.8. The van der Waals surface area contributed by atoms with Crippen LogP contribution in [0.25, 0.3) is 27.0 Å². The number of benzene rings is 1. The predicted molar refractivity (Wildman–Crippen MR) is 118 cm³/mol. The van der Waals surface area contributed by atoms with Gasteiger partial charge in [-0.3, -0.25) is 0 Å². The van der Waals surface area contributed by atoms with Crippen molar-refractivity contribution in [3.05, 3.63) is 51.8 Å². The standard InChI is InChI=1S/C20H22Cl2N4OSi/c1-13-17(23-2)7-6-14-15(18-16(21)10-24-20(22)25-18)11-26(19(13)14)12-27-8-9-28(3,4)5/h6-7,10-11H,8-9,12H2,1,3-5H3. The topological polar surface area (TPSA) is 44.3 Å². The first kappa shape index (κ1) is 20.8. The van der Waals surface area contributed by atoms with E-state index in [1.807, 2.05) is 29.8 Å². The van der Waals surface area contributed by atoms with Gasteiger partial charge in [-0.2, -0.15) is 0 Å². The molecule has 1 aromatic carbocycles. The van der Waals surface area contributed by atoms with Gasteiger partial charge in [-0.05, 0) is 30.1 Å². The van der Waals surface area contributed by atoms with Crippen LogP contribution >= 0.6 is 23.2 Å². The first-order chi connectivity index (χ1) is 13.2. The molecule has 3 rings (SSSR count). The average Bonchev–Trinajstić information content (AvgIpc) is 3.00. The molecule has 0 N–H and O–H groups in total. The maximum absolute atomic E-state index is 7.43. The van der Waals surface area contributed by atoms with Crippen molar-refractivity contribution in [1.82, 2.24) is 14.5 Å². The van der Waals surface area contributed by atoms with Crippen LogP contribution in [0.4, 0.5) is 5.69 Å². The Morgan fingerprint density at radius 3 is 2.68 bits per heavy atom. The first-order valence-corrected chi connectivity index (χ1v) is 13.4. The highest BCUT2D eigenvalue weighted by molar-refractivity contribution is 6.76. The van der Waals surface area contributed by atoms with Gasteiger partial charge in [0.05, 0.1) is 23.5 Å². The van der Waals surface area contributed by atoms with Gasteiger partial charge in [-0.25, -0.2) is 14.8 Å². The zero-order valence-electron chi connectivity index (χ0n) is 16.4. The van der Waals surface area contributed by atoms with E-state index in [1.165, 1.54) is 6.20 Å². The van der Waals surface area contributed by atoms with Crippen LogP contribution in [-0.2, 0) is 11.5 Å². The third-order valence-electron chi connectivity index (χ3n) is 4.58. The summed E-state index contributed by atoms with van der Waals surface area (Å²) in [5, 5.41) is 1.52. The number of nitrogens with zero attached hydrogens (tertiary/aromatic N) is 4. The van der Waals surface area contributed by atoms with Crippen molar-refractivity contribution in [3.8, 4) is 11.3 Å². The lowest BCUT2D eigenvalue weighted by molar-refractivity contribution is 0.0902. The molecule has 0 saturated heterocycles. The lowest BCUT2D eigenvalue weighted by Gasteiger charge is -2.16. The number of fused-ring (bicyclic) bond motifs is 1. The van der Waals surface area contributed by atoms with Gasteiger partial charge in [0.1, 0.15) is 6.73 Å². The molecule has 146 valence electrons. The average molecular weight is 433 g/mol. The Labute approximate surface area is 176 Å². The summed E-state index contributed by atoms with van der Waals surface area (Å²) in [5.74, 6) is 0. The minimum atomic E-state index is -1.16. The molecule has 0 bridgehead atoms. The summed E-state index contributed by atoms with van der Waals surface area (Å²) in [6.07, 6.45) is 3.46. The van der Waals surface area contributed by atoms with E-state index in [-0.39, 0.29) is 5.28 Å². The van der Waals surface area contributed by atoms with Crippen LogP contribution < -0.4 is 0 Å². The summed E-state index contributed by atoms with van der Waals surface area (Å²) in [6.45, 7) is 17.5. The second-order valence-electron chi connectivity index (χ2n) is 7.91. The number of ether oxygens (including phenoxy) is 1. The minimum Gasteiger partial charge on any atom is -0.361 e. The highest BCUT2D eigenvalue weighted by Crippen LogP contribution is 2.38. The fourth-order valence-electron chi connectivity index (χ4n) is 3.05. The quantitative estimate of drug-likeness (QED) is 0.191. The Hall–Kier alpha value is -1.91. The molecule has 0 saturated carbocycles. The molecule has 0 atom stereocenters. The third kappa shape index (κ3) is 4.39. The summed E-state index contributed by atoms with van der Waals surface area (Å²) in [4.78, 5) is 11.9. The molecule has 0 spiro atoms. The van der Waals surface area contributed by atoms with Gasteiger partial charge in [0.25, 0.3) is 0 Å². The number of rotatable bonds is 6. The van der Waals surface area contributed by atoms with Gasteiger partial charge in [-0.1, -0.05) is 43.4 Å². The van der Waals surface area contributed by atoms with Crippen molar-refractivity contribution in [1.29, 1.82) is 0 Å². The number of hydrogen-bond donors (Lipinski definition) is 0. The van der Waals surface area contributed by atoms with Gasteiger partial charge in [0, 0.05) is 37.3 Å². The Balaban J connectivity index is 2.07. The summed E-state index contributed by atoms with van der Waals surface area (Å²) < 4.78 is 7.98. The molecule has 0 aliphatic rings. The molecule has 5 nitrogen and oxygen atoms in total. The molecule has 8 heteroatoms. The zero-order chi connectivity index (χ0) is 20.5. The van der Waals surface area contributed by atoms with Gasteiger partial charge in [0.15, 0.2) is 5.69 Å². The van der Waals surface area contributed by atoms with Gasteiger partial charge in [-0.15, -0.1) is 0 Å². The van der Waals surface area contributed by atoms with E-state index < -0.39 is 8.07 Å². The molecule has 0 fully saturated rings. The van der Waals surface area contributed by atoms with E-state index in [9.17, 15) is 0 Å². The molecule has 0 unspecified atom stereocenters. The van der Waals surface area contributed by atoms with Gasteiger partial charge >= 0.3 is 0 Å².